The molecule has 4 nitrogen and oxygen atoms in total. The molecule has 2 aromatic carbocycles. The van der Waals surface area contributed by atoms with Crippen molar-refractivity contribution in [3.63, 3.8) is 0 Å². The van der Waals surface area contributed by atoms with Gasteiger partial charge in [-0.1, -0.05) is 74.9 Å². The molecule has 2 aromatic rings. The molecule has 0 aliphatic carbocycles. The molecule has 2 rings (SSSR count). The van der Waals surface area contributed by atoms with E-state index in [2.05, 4.69) is 56.4 Å². The monoisotopic (exact) mass is 408 g/mol. The second kappa shape index (κ2) is 10.4. The summed E-state index contributed by atoms with van der Waals surface area (Å²) in [6.07, 6.45) is 1.04. The van der Waals surface area contributed by atoms with Crippen molar-refractivity contribution in [2.75, 3.05) is 6.54 Å². The van der Waals surface area contributed by atoms with Gasteiger partial charge in [-0.15, -0.1) is 0 Å². The standard InChI is InChI=1S/C26H36N2O2/c1-7-27-25(30)20(3)28(18-22-10-8-9-19(2)17-22)24(29)16-13-21-11-14-23(15-12-21)26(4,5)6/h8-12,14-15,17,20H,7,13,16,18H2,1-6H3,(H,27,30)/t20-/m0/s1. The van der Waals surface area contributed by atoms with E-state index in [0.29, 0.717) is 25.9 Å². The third-order valence-corrected chi connectivity index (χ3v) is 5.40. The minimum atomic E-state index is -0.513. The molecule has 2 amide bonds. The molecule has 0 fully saturated rings. The maximum Gasteiger partial charge on any atom is 0.242 e. The molecule has 0 unspecified atom stereocenters. The van der Waals surface area contributed by atoms with Gasteiger partial charge in [0.1, 0.15) is 6.04 Å². The molecule has 0 aromatic heterocycles. The number of hydrogen-bond donors (Lipinski definition) is 1. The summed E-state index contributed by atoms with van der Waals surface area (Å²) in [6, 6.07) is 16.1. The quantitative estimate of drug-likeness (QED) is 0.683. The summed E-state index contributed by atoms with van der Waals surface area (Å²) in [4.78, 5) is 27.3. The first-order valence-electron chi connectivity index (χ1n) is 10.8. The molecule has 30 heavy (non-hydrogen) atoms. The summed E-state index contributed by atoms with van der Waals surface area (Å²) < 4.78 is 0. The molecule has 0 bridgehead atoms. The van der Waals surface area contributed by atoms with E-state index < -0.39 is 6.04 Å². The third-order valence-electron chi connectivity index (χ3n) is 5.40. The first-order chi connectivity index (χ1) is 14.1. The van der Waals surface area contributed by atoms with Crippen LogP contribution >= 0.6 is 0 Å². The number of hydrogen-bond acceptors (Lipinski definition) is 2. The number of amides is 2. The number of carbonyl (C=O) groups is 2. The maximum absolute atomic E-state index is 13.1. The fourth-order valence-electron chi connectivity index (χ4n) is 3.48. The molecule has 162 valence electrons. The fourth-order valence-corrected chi connectivity index (χ4v) is 3.48. The first kappa shape index (κ1) is 23.7. The minimum Gasteiger partial charge on any atom is -0.355 e. The second-order valence-electron chi connectivity index (χ2n) is 9.03. The molecule has 0 aliphatic heterocycles. The van der Waals surface area contributed by atoms with Gasteiger partial charge in [-0.05, 0) is 49.3 Å². The van der Waals surface area contributed by atoms with E-state index in [1.807, 2.05) is 32.0 Å². The van der Waals surface area contributed by atoms with Crippen LogP contribution in [0.5, 0.6) is 0 Å². The predicted octanol–water partition coefficient (Wildman–Crippen LogP) is 4.78. The van der Waals surface area contributed by atoms with Crippen LogP contribution in [0.1, 0.15) is 63.3 Å². The Kier molecular flexibility index (Phi) is 8.22. The van der Waals surface area contributed by atoms with E-state index in [4.69, 9.17) is 0 Å². The van der Waals surface area contributed by atoms with Crippen molar-refractivity contribution in [3.8, 4) is 0 Å². The van der Waals surface area contributed by atoms with Crippen LogP contribution in [0.3, 0.4) is 0 Å². The van der Waals surface area contributed by atoms with Gasteiger partial charge in [-0.3, -0.25) is 9.59 Å². The lowest BCUT2D eigenvalue weighted by molar-refractivity contribution is -0.140. The van der Waals surface area contributed by atoms with Crippen LogP contribution in [0.4, 0.5) is 0 Å². The van der Waals surface area contributed by atoms with Crippen LogP contribution in [-0.4, -0.2) is 29.3 Å². The van der Waals surface area contributed by atoms with Crippen LogP contribution in [0.25, 0.3) is 0 Å². The van der Waals surface area contributed by atoms with Crippen molar-refractivity contribution < 1.29 is 9.59 Å². The van der Waals surface area contributed by atoms with Crippen molar-refractivity contribution in [2.24, 2.45) is 0 Å². The zero-order valence-corrected chi connectivity index (χ0v) is 19.3. The molecule has 1 N–H and O–H groups in total. The Morgan fingerprint density at radius 2 is 1.70 bits per heavy atom. The van der Waals surface area contributed by atoms with Gasteiger partial charge in [0.05, 0.1) is 0 Å². The molecule has 0 radical (unpaired) electrons. The van der Waals surface area contributed by atoms with Crippen molar-refractivity contribution in [1.82, 2.24) is 10.2 Å². The Hall–Kier alpha value is -2.62. The highest BCUT2D eigenvalue weighted by Crippen LogP contribution is 2.22. The van der Waals surface area contributed by atoms with Crippen molar-refractivity contribution in [1.29, 1.82) is 0 Å². The van der Waals surface area contributed by atoms with Crippen LogP contribution in [0.2, 0.25) is 0 Å². The molecule has 0 spiro atoms. The summed E-state index contributed by atoms with van der Waals surface area (Å²) in [5.74, 6) is -0.122. The molecule has 0 saturated heterocycles. The van der Waals surface area contributed by atoms with Gasteiger partial charge in [0.25, 0.3) is 0 Å². The Morgan fingerprint density at radius 1 is 1.03 bits per heavy atom. The fraction of sp³-hybridized carbons (Fsp3) is 0.462. The molecule has 0 saturated carbocycles. The van der Waals surface area contributed by atoms with E-state index in [1.165, 1.54) is 5.56 Å². The highest BCUT2D eigenvalue weighted by molar-refractivity contribution is 5.87. The molecule has 4 heteroatoms. The van der Waals surface area contributed by atoms with Crippen molar-refractivity contribution in [2.45, 2.75) is 72.4 Å². The van der Waals surface area contributed by atoms with E-state index in [9.17, 15) is 9.59 Å². The minimum absolute atomic E-state index is 0.00448. The molecular weight excluding hydrogens is 372 g/mol. The van der Waals surface area contributed by atoms with E-state index in [-0.39, 0.29) is 17.2 Å². The normalized spacial score (nSPS) is 12.3. The number of likely N-dealkylation sites (N-methyl/N-ethyl adjacent to an activating group) is 1. The van der Waals surface area contributed by atoms with Gasteiger partial charge in [0.15, 0.2) is 0 Å². The van der Waals surface area contributed by atoms with Gasteiger partial charge in [0, 0.05) is 19.5 Å². The smallest absolute Gasteiger partial charge is 0.242 e. The highest BCUT2D eigenvalue weighted by Gasteiger charge is 2.25. The summed E-state index contributed by atoms with van der Waals surface area (Å²) >= 11 is 0. The van der Waals surface area contributed by atoms with Crippen molar-refractivity contribution in [3.05, 3.63) is 70.8 Å². The van der Waals surface area contributed by atoms with E-state index in [0.717, 1.165) is 16.7 Å². The van der Waals surface area contributed by atoms with Crippen LogP contribution in [0.15, 0.2) is 48.5 Å². The summed E-state index contributed by atoms with van der Waals surface area (Å²) in [5.41, 5.74) is 4.71. The van der Waals surface area contributed by atoms with Gasteiger partial charge in [-0.25, -0.2) is 0 Å². The zero-order chi connectivity index (χ0) is 22.3. The number of benzene rings is 2. The molecule has 0 aliphatic rings. The predicted molar refractivity (Wildman–Crippen MR) is 123 cm³/mol. The van der Waals surface area contributed by atoms with Gasteiger partial charge in [0.2, 0.25) is 11.8 Å². The summed E-state index contributed by atoms with van der Waals surface area (Å²) in [6.45, 7) is 13.3. The maximum atomic E-state index is 13.1. The average molecular weight is 409 g/mol. The second-order valence-corrected chi connectivity index (χ2v) is 9.03. The Balaban J connectivity index is 2.12. The number of aryl methyl sites for hydroxylation is 2. The Labute approximate surface area is 181 Å². The number of carbonyl (C=O) groups excluding carboxylic acids is 2. The highest BCUT2D eigenvalue weighted by atomic mass is 16.2. The third kappa shape index (κ3) is 6.72. The van der Waals surface area contributed by atoms with Crippen LogP contribution < -0.4 is 5.32 Å². The number of rotatable bonds is 8. The zero-order valence-electron chi connectivity index (χ0n) is 19.3. The number of nitrogens with one attached hydrogen (secondary N) is 1. The van der Waals surface area contributed by atoms with Gasteiger partial charge < -0.3 is 10.2 Å². The van der Waals surface area contributed by atoms with Crippen LogP contribution in [0, 0.1) is 6.92 Å². The van der Waals surface area contributed by atoms with Gasteiger partial charge in [-0.2, -0.15) is 0 Å². The Bertz CT molecular complexity index is 850. The lowest BCUT2D eigenvalue weighted by atomic mass is 9.86. The van der Waals surface area contributed by atoms with E-state index in [1.54, 1.807) is 11.8 Å². The first-order valence-corrected chi connectivity index (χ1v) is 10.8. The summed E-state index contributed by atoms with van der Waals surface area (Å²) in [5, 5.41) is 2.84. The van der Waals surface area contributed by atoms with Crippen LogP contribution in [-0.2, 0) is 28.0 Å². The lowest BCUT2D eigenvalue weighted by Crippen LogP contribution is -2.47. The average Bonchev–Trinajstić information content (AvgIpc) is 2.69. The molecule has 0 heterocycles. The molecule has 1 atom stereocenters. The summed E-state index contributed by atoms with van der Waals surface area (Å²) in [7, 11) is 0. The Morgan fingerprint density at radius 3 is 2.27 bits per heavy atom. The lowest BCUT2D eigenvalue weighted by Gasteiger charge is -2.29. The number of nitrogens with zero attached hydrogens (tertiary/aromatic N) is 1. The largest absolute Gasteiger partial charge is 0.355 e. The topological polar surface area (TPSA) is 49.4 Å². The SMILES string of the molecule is CCNC(=O)[C@H](C)N(Cc1cccc(C)c1)C(=O)CCc1ccc(C(C)(C)C)cc1. The van der Waals surface area contributed by atoms with E-state index >= 15 is 0 Å². The molecular formula is C26H36N2O2. The van der Waals surface area contributed by atoms with Gasteiger partial charge >= 0.3 is 0 Å². The van der Waals surface area contributed by atoms with Crippen molar-refractivity contribution >= 4 is 11.8 Å².